The predicted molar refractivity (Wildman–Crippen MR) is 82.5 cm³/mol. The Morgan fingerprint density at radius 1 is 1.41 bits per heavy atom. The Kier molecular flexibility index (Phi) is 4.58. The van der Waals surface area contributed by atoms with Crippen molar-refractivity contribution in [3.05, 3.63) is 41.4 Å². The lowest BCUT2D eigenvalue weighted by Gasteiger charge is -2.32. The average molecular weight is 321 g/mol. The van der Waals surface area contributed by atoms with Gasteiger partial charge in [0.15, 0.2) is 11.0 Å². The zero-order chi connectivity index (χ0) is 15.4. The molecular weight excluding hydrogens is 304 g/mol. The van der Waals surface area contributed by atoms with Crippen molar-refractivity contribution in [1.29, 1.82) is 0 Å². The third-order valence-corrected chi connectivity index (χ3v) is 3.95. The van der Waals surface area contributed by atoms with Gasteiger partial charge in [-0.25, -0.2) is 0 Å². The molecule has 0 saturated carbocycles. The number of furan rings is 1. The van der Waals surface area contributed by atoms with Crippen LogP contribution < -0.4 is 10.2 Å². The van der Waals surface area contributed by atoms with Crippen molar-refractivity contribution < 1.29 is 9.21 Å². The van der Waals surface area contributed by atoms with E-state index in [9.17, 15) is 4.79 Å². The number of rotatable bonds is 4. The SMILES string of the molecule is O=C(NCc1ccco1)[C@H]1CCCN(c2ccc(Cl)nn2)C1. The van der Waals surface area contributed by atoms with E-state index in [-0.39, 0.29) is 11.8 Å². The van der Waals surface area contributed by atoms with Crippen molar-refractivity contribution in [2.45, 2.75) is 19.4 Å². The number of piperidine rings is 1. The van der Waals surface area contributed by atoms with E-state index < -0.39 is 0 Å². The summed E-state index contributed by atoms with van der Waals surface area (Å²) in [5.74, 6) is 1.50. The zero-order valence-electron chi connectivity index (χ0n) is 12.0. The van der Waals surface area contributed by atoms with Crippen molar-refractivity contribution >= 4 is 23.3 Å². The molecule has 6 nitrogen and oxygen atoms in total. The van der Waals surface area contributed by atoms with Crippen LogP contribution in [0.1, 0.15) is 18.6 Å². The van der Waals surface area contributed by atoms with Crippen LogP contribution >= 0.6 is 11.6 Å². The molecule has 1 fully saturated rings. The first-order valence-corrected chi connectivity index (χ1v) is 7.64. The minimum absolute atomic E-state index is 0.0445. The fourth-order valence-electron chi connectivity index (χ4n) is 2.61. The highest BCUT2D eigenvalue weighted by molar-refractivity contribution is 6.29. The molecule has 1 N–H and O–H groups in total. The second-order valence-electron chi connectivity index (χ2n) is 5.30. The van der Waals surface area contributed by atoms with Crippen LogP contribution in [0.2, 0.25) is 5.15 Å². The number of nitrogens with zero attached hydrogens (tertiary/aromatic N) is 3. The van der Waals surface area contributed by atoms with Gasteiger partial charge in [0.2, 0.25) is 5.91 Å². The monoisotopic (exact) mass is 320 g/mol. The highest BCUT2D eigenvalue weighted by Crippen LogP contribution is 2.22. The smallest absolute Gasteiger partial charge is 0.225 e. The van der Waals surface area contributed by atoms with Gasteiger partial charge >= 0.3 is 0 Å². The van der Waals surface area contributed by atoms with Gasteiger partial charge in [-0.3, -0.25) is 4.79 Å². The summed E-state index contributed by atoms with van der Waals surface area (Å²) in [7, 11) is 0. The van der Waals surface area contributed by atoms with Crippen molar-refractivity contribution in [1.82, 2.24) is 15.5 Å². The molecule has 0 bridgehead atoms. The molecule has 2 aromatic heterocycles. The lowest BCUT2D eigenvalue weighted by molar-refractivity contribution is -0.125. The molecule has 0 radical (unpaired) electrons. The standard InChI is InChI=1S/C15H17ClN4O2/c16-13-5-6-14(19-18-13)20-7-1-3-11(10-20)15(21)17-9-12-4-2-8-22-12/h2,4-6,8,11H,1,3,7,9-10H2,(H,17,21)/t11-/m0/s1. The first kappa shape index (κ1) is 14.8. The van der Waals surface area contributed by atoms with Gasteiger partial charge in [-0.2, -0.15) is 0 Å². The Hall–Kier alpha value is -2.08. The van der Waals surface area contributed by atoms with Crippen LogP contribution in [0.15, 0.2) is 34.9 Å². The van der Waals surface area contributed by atoms with Gasteiger partial charge in [0.05, 0.1) is 18.7 Å². The minimum Gasteiger partial charge on any atom is -0.467 e. The summed E-state index contributed by atoms with van der Waals surface area (Å²) in [5, 5.41) is 11.2. The zero-order valence-corrected chi connectivity index (χ0v) is 12.8. The summed E-state index contributed by atoms with van der Waals surface area (Å²) in [6.07, 6.45) is 3.42. The average Bonchev–Trinajstić information content (AvgIpc) is 3.07. The molecule has 1 aliphatic heterocycles. The van der Waals surface area contributed by atoms with Gasteiger partial charge in [0.25, 0.3) is 0 Å². The Labute approximate surface area is 133 Å². The van der Waals surface area contributed by atoms with Crippen LogP contribution in [0.4, 0.5) is 5.82 Å². The molecule has 3 rings (SSSR count). The fourth-order valence-corrected chi connectivity index (χ4v) is 2.71. The van der Waals surface area contributed by atoms with E-state index in [2.05, 4.69) is 20.4 Å². The number of hydrogen-bond donors (Lipinski definition) is 1. The van der Waals surface area contributed by atoms with E-state index in [0.717, 1.165) is 31.0 Å². The summed E-state index contributed by atoms with van der Waals surface area (Å²) in [6, 6.07) is 7.20. The van der Waals surface area contributed by atoms with E-state index in [1.54, 1.807) is 12.3 Å². The van der Waals surface area contributed by atoms with E-state index in [1.165, 1.54) is 0 Å². The number of halogens is 1. The molecule has 1 saturated heterocycles. The second kappa shape index (κ2) is 6.79. The van der Waals surface area contributed by atoms with Gasteiger partial charge in [-0.05, 0) is 37.1 Å². The van der Waals surface area contributed by atoms with Gasteiger partial charge in [0.1, 0.15) is 5.76 Å². The molecule has 2 aromatic rings. The molecule has 116 valence electrons. The summed E-state index contributed by atoms with van der Waals surface area (Å²) < 4.78 is 5.22. The topological polar surface area (TPSA) is 71.3 Å². The molecule has 22 heavy (non-hydrogen) atoms. The quantitative estimate of drug-likeness (QED) is 0.935. The van der Waals surface area contributed by atoms with Crippen molar-refractivity contribution in [3.63, 3.8) is 0 Å². The van der Waals surface area contributed by atoms with Crippen LogP contribution in [0.5, 0.6) is 0 Å². The van der Waals surface area contributed by atoms with Crippen LogP contribution in [-0.4, -0.2) is 29.2 Å². The molecular formula is C15H17ClN4O2. The van der Waals surface area contributed by atoms with Crippen molar-refractivity contribution in [2.75, 3.05) is 18.0 Å². The third-order valence-electron chi connectivity index (χ3n) is 3.75. The largest absolute Gasteiger partial charge is 0.467 e. The maximum absolute atomic E-state index is 12.3. The number of carbonyl (C=O) groups excluding carboxylic acids is 1. The van der Waals surface area contributed by atoms with E-state index >= 15 is 0 Å². The van der Waals surface area contributed by atoms with E-state index in [1.807, 2.05) is 18.2 Å². The summed E-state index contributed by atoms with van der Waals surface area (Å²) >= 11 is 5.75. The van der Waals surface area contributed by atoms with Gasteiger partial charge in [0, 0.05) is 13.1 Å². The summed E-state index contributed by atoms with van der Waals surface area (Å²) in [5.41, 5.74) is 0. The molecule has 0 aromatic carbocycles. The van der Waals surface area contributed by atoms with E-state index in [4.69, 9.17) is 16.0 Å². The number of hydrogen-bond acceptors (Lipinski definition) is 5. The summed E-state index contributed by atoms with van der Waals surface area (Å²) in [4.78, 5) is 14.4. The maximum atomic E-state index is 12.3. The van der Waals surface area contributed by atoms with Crippen LogP contribution in [0.3, 0.4) is 0 Å². The Bertz CT molecular complexity index is 615. The first-order chi connectivity index (χ1) is 10.7. The molecule has 0 aliphatic carbocycles. The Morgan fingerprint density at radius 3 is 3.05 bits per heavy atom. The normalized spacial score (nSPS) is 18.2. The highest BCUT2D eigenvalue weighted by atomic mass is 35.5. The molecule has 0 spiro atoms. The predicted octanol–water partition coefficient (Wildman–Crippen LogP) is 2.26. The molecule has 1 atom stereocenters. The van der Waals surface area contributed by atoms with Crippen LogP contribution in [-0.2, 0) is 11.3 Å². The molecule has 1 amide bonds. The number of aromatic nitrogens is 2. The lowest BCUT2D eigenvalue weighted by atomic mass is 9.97. The number of amides is 1. The Morgan fingerprint density at radius 2 is 2.32 bits per heavy atom. The number of carbonyl (C=O) groups is 1. The van der Waals surface area contributed by atoms with Crippen molar-refractivity contribution in [3.8, 4) is 0 Å². The molecule has 1 aliphatic rings. The fraction of sp³-hybridized carbons (Fsp3) is 0.400. The highest BCUT2D eigenvalue weighted by Gasteiger charge is 2.26. The van der Waals surface area contributed by atoms with Crippen molar-refractivity contribution in [2.24, 2.45) is 5.92 Å². The Balaban J connectivity index is 1.57. The first-order valence-electron chi connectivity index (χ1n) is 7.26. The molecule has 3 heterocycles. The number of anilines is 1. The van der Waals surface area contributed by atoms with Gasteiger partial charge in [-0.1, -0.05) is 11.6 Å². The van der Waals surface area contributed by atoms with Gasteiger partial charge < -0.3 is 14.6 Å². The second-order valence-corrected chi connectivity index (χ2v) is 5.68. The van der Waals surface area contributed by atoms with Crippen LogP contribution in [0.25, 0.3) is 0 Å². The third kappa shape index (κ3) is 3.57. The van der Waals surface area contributed by atoms with Crippen LogP contribution in [0, 0.1) is 5.92 Å². The lowest BCUT2D eigenvalue weighted by Crippen LogP contribution is -2.43. The maximum Gasteiger partial charge on any atom is 0.225 e. The molecule has 0 unspecified atom stereocenters. The summed E-state index contributed by atoms with van der Waals surface area (Å²) in [6.45, 7) is 1.93. The van der Waals surface area contributed by atoms with Gasteiger partial charge in [-0.15, -0.1) is 10.2 Å². The number of nitrogens with one attached hydrogen (secondary N) is 1. The van der Waals surface area contributed by atoms with E-state index in [0.29, 0.717) is 18.2 Å². The minimum atomic E-state index is -0.0545. The molecule has 7 heteroatoms.